The van der Waals surface area contributed by atoms with Crippen LogP contribution >= 0.6 is 7.82 Å². The predicted molar refractivity (Wildman–Crippen MR) is 418 cm³/mol. The van der Waals surface area contributed by atoms with E-state index in [0.717, 1.165) is 38.5 Å². The predicted octanol–water partition coefficient (Wildman–Crippen LogP) is 28.7. The number of quaternary nitrogens is 1. The first kappa shape index (κ1) is 94.5. The molecule has 0 bridgehead atoms. The minimum Gasteiger partial charge on any atom is -0.462 e. The van der Waals surface area contributed by atoms with Gasteiger partial charge in [-0.1, -0.05) is 430 Å². The molecule has 0 aliphatic heterocycles. The van der Waals surface area contributed by atoms with E-state index in [-0.39, 0.29) is 25.6 Å². The van der Waals surface area contributed by atoms with E-state index in [1.165, 1.54) is 392 Å². The Morgan fingerprint density at radius 3 is 0.823 bits per heavy atom. The van der Waals surface area contributed by atoms with Gasteiger partial charge in [-0.15, -0.1) is 0 Å². The maximum absolute atomic E-state index is 12.9. The molecule has 9 nitrogen and oxygen atoms in total. The number of nitrogens with zero attached hydrogens (tertiary/aromatic N) is 1. The van der Waals surface area contributed by atoms with Gasteiger partial charge in [0.25, 0.3) is 0 Å². The van der Waals surface area contributed by atoms with Crippen molar-refractivity contribution in [1.29, 1.82) is 0 Å². The Balaban J connectivity index is 3.84. The van der Waals surface area contributed by atoms with Gasteiger partial charge in [0.2, 0.25) is 0 Å². The Labute approximate surface area is 599 Å². The fourth-order valence-electron chi connectivity index (χ4n) is 13.4. The molecule has 0 aromatic carbocycles. The Bertz CT molecular complexity index is 1660. The summed E-state index contributed by atoms with van der Waals surface area (Å²) in [5.74, 6) is -0.768. The van der Waals surface area contributed by atoms with E-state index in [1.807, 2.05) is 21.1 Å². The molecule has 0 radical (unpaired) electrons. The molecule has 0 aromatic heterocycles. The molecule has 0 aliphatic carbocycles. The number of carbonyl (C=O) groups excluding carboxylic acids is 2. The van der Waals surface area contributed by atoms with E-state index in [0.29, 0.717) is 23.9 Å². The molecule has 2 unspecified atom stereocenters. The Morgan fingerprint density at radius 2 is 0.562 bits per heavy atom. The molecule has 1 N–H and O–H groups in total. The normalized spacial score (nSPS) is 13.0. The highest BCUT2D eigenvalue weighted by Crippen LogP contribution is 2.43. The van der Waals surface area contributed by atoms with Gasteiger partial charge in [-0.3, -0.25) is 18.6 Å². The first-order chi connectivity index (χ1) is 47.0. The highest BCUT2D eigenvalue weighted by Gasteiger charge is 2.27. The topological polar surface area (TPSA) is 108 Å². The maximum Gasteiger partial charge on any atom is 0.472 e. The molecule has 570 valence electrons. The lowest BCUT2D eigenvalue weighted by molar-refractivity contribution is -0.870. The molecule has 0 aliphatic rings. The van der Waals surface area contributed by atoms with Crippen molar-refractivity contribution in [3.63, 3.8) is 0 Å². The number of phosphoric acid groups is 1. The van der Waals surface area contributed by atoms with Crippen LogP contribution in [0, 0.1) is 0 Å². The number of esters is 2. The highest BCUT2D eigenvalue weighted by atomic mass is 31.2. The van der Waals surface area contributed by atoms with E-state index >= 15 is 0 Å². The van der Waals surface area contributed by atoms with Crippen LogP contribution in [0.25, 0.3) is 0 Å². The summed E-state index contributed by atoms with van der Waals surface area (Å²) in [6.07, 6.45) is 101. The van der Waals surface area contributed by atoms with Crippen molar-refractivity contribution in [3.8, 4) is 0 Å². The highest BCUT2D eigenvalue weighted by molar-refractivity contribution is 7.47. The minimum atomic E-state index is -4.39. The molecule has 10 heteroatoms. The van der Waals surface area contributed by atoms with E-state index in [2.05, 4.69) is 38.2 Å². The number of carbonyl (C=O) groups is 2. The summed E-state index contributed by atoms with van der Waals surface area (Å²) in [5.41, 5.74) is 0. The van der Waals surface area contributed by atoms with Crippen LogP contribution in [0.5, 0.6) is 0 Å². The van der Waals surface area contributed by atoms with Gasteiger partial charge in [0.15, 0.2) is 6.10 Å². The number of likely N-dealkylation sites (N-methyl/N-ethyl adjacent to an activating group) is 1. The smallest absolute Gasteiger partial charge is 0.462 e. The van der Waals surface area contributed by atoms with Crippen molar-refractivity contribution in [2.24, 2.45) is 0 Å². The number of hydrogen-bond acceptors (Lipinski definition) is 7. The summed E-state index contributed by atoms with van der Waals surface area (Å²) in [6, 6.07) is 0. The van der Waals surface area contributed by atoms with Crippen molar-refractivity contribution < 1.29 is 42.1 Å². The fraction of sp³-hybridized carbons (Fsp3) is 0.930. The van der Waals surface area contributed by atoms with Crippen LogP contribution in [0.4, 0.5) is 0 Å². The average Bonchev–Trinajstić information content (AvgIpc) is 1.97. The van der Waals surface area contributed by atoms with E-state index in [9.17, 15) is 19.0 Å². The van der Waals surface area contributed by atoms with Gasteiger partial charge in [0, 0.05) is 12.8 Å². The summed E-state index contributed by atoms with van der Waals surface area (Å²) < 4.78 is 34.9. The van der Waals surface area contributed by atoms with Crippen LogP contribution in [0.3, 0.4) is 0 Å². The molecular formula is C86H169NO8P+. The molecule has 0 spiro atoms. The number of rotatable bonds is 82. The molecule has 96 heavy (non-hydrogen) atoms. The lowest BCUT2D eigenvalue weighted by Crippen LogP contribution is -2.37. The van der Waals surface area contributed by atoms with Gasteiger partial charge >= 0.3 is 19.8 Å². The Kier molecular flexibility index (Phi) is 76.4. The largest absolute Gasteiger partial charge is 0.472 e. The van der Waals surface area contributed by atoms with Crippen molar-refractivity contribution in [1.82, 2.24) is 0 Å². The molecule has 0 saturated carbocycles. The zero-order valence-electron chi connectivity index (χ0n) is 65.4. The van der Waals surface area contributed by atoms with E-state index < -0.39 is 26.5 Å². The standard InChI is InChI=1S/C86H168NO8P/c1-6-8-10-12-14-16-18-20-22-24-26-28-30-32-34-36-38-39-40-41-42-43-44-45-46-47-49-50-52-54-56-58-60-62-64-66-68-70-72-74-76-78-85(88)92-82-84(83-94-96(90,91)93-81-80-87(3,4)5)95-86(89)79-77-75-73-71-69-67-65-63-61-59-57-55-53-51-48-37-35-33-31-29-27-25-23-21-19-17-15-13-11-9-7-2/h19,21,25,27,84H,6-18,20,22-24,26,28-83H2,1-5H3/p+1/b21-19-,27-25-. The molecule has 0 rings (SSSR count). The second kappa shape index (κ2) is 77.6. The van der Waals surface area contributed by atoms with Crippen LogP contribution < -0.4 is 0 Å². The van der Waals surface area contributed by atoms with Gasteiger partial charge in [-0.05, 0) is 44.9 Å². The number of ether oxygens (including phenoxy) is 2. The summed E-state index contributed by atoms with van der Waals surface area (Å²) >= 11 is 0. The molecule has 0 amide bonds. The van der Waals surface area contributed by atoms with Crippen LogP contribution in [0.15, 0.2) is 24.3 Å². The van der Waals surface area contributed by atoms with Crippen LogP contribution in [0.1, 0.15) is 463 Å². The lowest BCUT2D eigenvalue weighted by atomic mass is 10.0. The zero-order valence-corrected chi connectivity index (χ0v) is 66.3. The van der Waals surface area contributed by atoms with Crippen LogP contribution in [-0.4, -0.2) is 74.9 Å². The molecule has 2 atom stereocenters. The van der Waals surface area contributed by atoms with Gasteiger partial charge in [-0.25, -0.2) is 4.57 Å². The van der Waals surface area contributed by atoms with Gasteiger partial charge in [0.05, 0.1) is 27.7 Å². The van der Waals surface area contributed by atoms with Gasteiger partial charge in [-0.2, -0.15) is 0 Å². The molecule has 0 fully saturated rings. The van der Waals surface area contributed by atoms with Crippen molar-refractivity contribution in [2.45, 2.75) is 469 Å². The van der Waals surface area contributed by atoms with Crippen molar-refractivity contribution >= 4 is 19.8 Å². The maximum atomic E-state index is 12.9. The number of hydrogen-bond donors (Lipinski definition) is 1. The first-order valence-electron chi connectivity index (χ1n) is 43.1. The lowest BCUT2D eigenvalue weighted by Gasteiger charge is -2.24. The summed E-state index contributed by atoms with van der Waals surface area (Å²) in [5, 5.41) is 0. The second-order valence-electron chi connectivity index (χ2n) is 30.9. The monoisotopic (exact) mass is 1380 g/mol. The zero-order chi connectivity index (χ0) is 69.7. The molecule has 0 saturated heterocycles. The minimum absolute atomic E-state index is 0.0360. The van der Waals surface area contributed by atoms with Gasteiger partial charge in [0.1, 0.15) is 19.8 Å². The Morgan fingerprint density at radius 1 is 0.323 bits per heavy atom. The number of phosphoric ester groups is 1. The molecular weight excluding hydrogens is 1210 g/mol. The second-order valence-corrected chi connectivity index (χ2v) is 32.4. The van der Waals surface area contributed by atoms with Crippen LogP contribution in [-0.2, 0) is 32.7 Å². The van der Waals surface area contributed by atoms with E-state index in [4.69, 9.17) is 18.5 Å². The van der Waals surface area contributed by atoms with Crippen molar-refractivity contribution in [3.05, 3.63) is 24.3 Å². The Hall–Kier alpha value is -1.51. The molecule has 0 aromatic rings. The van der Waals surface area contributed by atoms with Crippen LogP contribution in [0.2, 0.25) is 0 Å². The van der Waals surface area contributed by atoms with Gasteiger partial charge < -0.3 is 18.9 Å². The quantitative estimate of drug-likeness (QED) is 0.0211. The third-order valence-corrected chi connectivity index (χ3v) is 21.0. The third-order valence-electron chi connectivity index (χ3n) is 20.0. The third kappa shape index (κ3) is 81.5. The summed E-state index contributed by atoms with van der Waals surface area (Å²) in [7, 11) is 1.51. The van der Waals surface area contributed by atoms with Crippen molar-refractivity contribution in [2.75, 3.05) is 47.5 Å². The fourth-order valence-corrected chi connectivity index (χ4v) is 14.2. The summed E-state index contributed by atoms with van der Waals surface area (Å²) in [6.45, 7) is 4.52. The average molecular weight is 1380 g/mol. The summed E-state index contributed by atoms with van der Waals surface area (Å²) in [4.78, 5) is 36.0. The first-order valence-corrected chi connectivity index (χ1v) is 44.6. The molecule has 0 heterocycles. The number of allylic oxidation sites excluding steroid dienone is 4. The van der Waals surface area contributed by atoms with E-state index in [1.54, 1.807) is 0 Å². The SMILES string of the molecule is CCCCCCC/C=C\C/C=C\CCCCCCCCCCCCCCCCCCCCCC(=O)OC(COC(=O)CCCCCCCCCCCCCCCCCCCCCCCCCCCCCCCCCCCCCCCCCCC)COP(=O)(O)OCC[N+](C)(C)C. The number of unbranched alkanes of at least 4 members (excludes halogenated alkanes) is 64.